The Morgan fingerprint density at radius 1 is 1.00 bits per heavy atom. The van der Waals surface area contributed by atoms with Gasteiger partial charge in [-0.05, 0) is 36.8 Å². The van der Waals surface area contributed by atoms with E-state index < -0.39 is 6.04 Å². The molecule has 0 radical (unpaired) electrons. The van der Waals surface area contributed by atoms with Gasteiger partial charge in [0.25, 0.3) is 11.8 Å². The second-order valence-corrected chi connectivity index (χ2v) is 6.99. The van der Waals surface area contributed by atoms with Crippen molar-refractivity contribution in [3.63, 3.8) is 0 Å². The normalized spacial score (nSPS) is 14.0. The molecule has 3 amide bonds. The molecule has 1 unspecified atom stereocenters. The number of fused-ring (bicyclic) bond motifs is 1. The molecule has 0 aliphatic carbocycles. The van der Waals surface area contributed by atoms with Gasteiger partial charge in [-0.1, -0.05) is 42.0 Å². The molecule has 6 nitrogen and oxygen atoms in total. The Bertz CT molecular complexity index is 1060. The number of nitrogens with one attached hydrogen (secondary N) is 1. The number of amides is 3. The van der Waals surface area contributed by atoms with Crippen molar-refractivity contribution in [1.82, 2.24) is 10.2 Å². The Balaban J connectivity index is 1.44. The molecule has 146 valence electrons. The zero-order valence-electron chi connectivity index (χ0n) is 15.9. The highest BCUT2D eigenvalue weighted by Crippen LogP contribution is 2.25. The molecule has 4 rings (SSSR count). The van der Waals surface area contributed by atoms with E-state index in [1.54, 1.807) is 36.6 Å². The van der Waals surface area contributed by atoms with Crippen LogP contribution in [-0.2, 0) is 4.79 Å². The minimum absolute atomic E-state index is 0.00843. The van der Waals surface area contributed by atoms with Crippen LogP contribution in [0.2, 0.25) is 0 Å². The van der Waals surface area contributed by atoms with Gasteiger partial charge in [0.15, 0.2) is 0 Å². The average Bonchev–Trinajstić information content (AvgIpc) is 3.33. The minimum Gasteiger partial charge on any atom is -0.467 e. The molecule has 1 N–H and O–H groups in total. The summed E-state index contributed by atoms with van der Waals surface area (Å²) in [5.74, 6) is -0.376. The molecule has 1 aliphatic rings. The lowest BCUT2D eigenvalue weighted by atomic mass is 10.0. The Kier molecular flexibility index (Phi) is 4.99. The number of furan rings is 1. The molecule has 2 heterocycles. The third-order valence-corrected chi connectivity index (χ3v) is 4.95. The summed E-state index contributed by atoms with van der Waals surface area (Å²) in [5.41, 5.74) is 2.58. The molecule has 0 saturated heterocycles. The van der Waals surface area contributed by atoms with E-state index in [1.807, 2.05) is 37.3 Å². The van der Waals surface area contributed by atoms with E-state index in [0.717, 1.165) is 16.0 Å². The van der Waals surface area contributed by atoms with Crippen LogP contribution in [0, 0.1) is 6.92 Å². The standard InChI is InChI=1S/C23H20N2O4/c1-15-9-10-17-18(14-15)23(28)25(22(17)27)12-11-20(26)24-21(19-8-5-13-29-19)16-6-3-2-4-7-16/h2-10,13-14,21H,11-12H2,1H3,(H,24,26). The summed E-state index contributed by atoms with van der Waals surface area (Å²) < 4.78 is 5.48. The maximum absolute atomic E-state index is 12.6. The van der Waals surface area contributed by atoms with Gasteiger partial charge in [-0.25, -0.2) is 0 Å². The lowest BCUT2D eigenvalue weighted by Crippen LogP contribution is -2.36. The molecular weight excluding hydrogens is 368 g/mol. The van der Waals surface area contributed by atoms with Gasteiger partial charge in [-0.3, -0.25) is 19.3 Å². The van der Waals surface area contributed by atoms with E-state index in [-0.39, 0.29) is 30.7 Å². The molecule has 1 atom stereocenters. The van der Waals surface area contributed by atoms with Crippen LogP contribution in [0.5, 0.6) is 0 Å². The van der Waals surface area contributed by atoms with Crippen molar-refractivity contribution < 1.29 is 18.8 Å². The summed E-state index contributed by atoms with van der Waals surface area (Å²) in [5, 5.41) is 2.94. The first-order chi connectivity index (χ1) is 14.0. The van der Waals surface area contributed by atoms with E-state index in [1.165, 1.54) is 0 Å². The van der Waals surface area contributed by atoms with Gasteiger partial charge >= 0.3 is 0 Å². The molecule has 0 spiro atoms. The number of rotatable bonds is 6. The second kappa shape index (κ2) is 7.75. The van der Waals surface area contributed by atoms with Crippen LogP contribution in [-0.4, -0.2) is 29.2 Å². The molecule has 0 saturated carbocycles. The highest BCUT2D eigenvalue weighted by Gasteiger charge is 2.35. The maximum Gasteiger partial charge on any atom is 0.261 e. The fraction of sp³-hybridized carbons (Fsp3) is 0.174. The molecule has 1 aliphatic heterocycles. The monoisotopic (exact) mass is 388 g/mol. The number of aryl methyl sites for hydroxylation is 1. The average molecular weight is 388 g/mol. The van der Waals surface area contributed by atoms with E-state index in [0.29, 0.717) is 16.9 Å². The van der Waals surface area contributed by atoms with Crippen LogP contribution in [0.1, 0.15) is 50.1 Å². The molecular formula is C23H20N2O4. The SMILES string of the molecule is Cc1ccc2c(c1)C(=O)N(CCC(=O)NC(c1ccccc1)c1ccco1)C2=O. The van der Waals surface area contributed by atoms with Crippen molar-refractivity contribution in [1.29, 1.82) is 0 Å². The highest BCUT2D eigenvalue weighted by molar-refractivity contribution is 6.21. The number of hydrogen-bond donors (Lipinski definition) is 1. The summed E-state index contributed by atoms with van der Waals surface area (Å²) in [4.78, 5) is 38.8. The van der Waals surface area contributed by atoms with Crippen molar-refractivity contribution in [2.75, 3.05) is 6.54 Å². The number of benzene rings is 2. The van der Waals surface area contributed by atoms with Crippen molar-refractivity contribution in [2.24, 2.45) is 0 Å². The van der Waals surface area contributed by atoms with Crippen LogP contribution < -0.4 is 5.32 Å². The van der Waals surface area contributed by atoms with Gasteiger partial charge in [0.2, 0.25) is 5.91 Å². The van der Waals surface area contributed by atoms with Crippen LogP contribution in [0.15, 0.2) is 71.3 Å². The van der Waals surface area contributed by atoms with Crippen LogP contribution in [0.25, 0.3) is 0 Å². The Hall–Kier alpha value is -3.67. The fourth-order valence-electron chi connectivity index (χ4n) is 3.47. The summed E-state index contributed by atoms with van der Waals surface area (Å²) in [6.45, 7) is 1.89. The number of imide groups is 1. The van der Waals surface area contributed by atoms with Crippen molar-refractivity contribution in [3.8, 4) is 0 Å². The summed E-state index contributed by atoms with van der Waals surface area (Å²) in [6.07, 6.45) is 1.56. The van der Waals surface area contributed by atoms with Gasteiger partial charge < -0.3 is 9.73 Å². The zero-order chi connectivity index (χ0) is 20.4. The summed E-state index contributed by atoms with van der Waals surface area (Å²) in [6, 6.07) is 17.8. The Morgan fingerprint density at radius 3 is 2.48 bits per heavy atom. The van der Waals surface area contributed by atoms with Crippen molar-refractivity contribution >= 4 is 17.7 Å². The minimum atomic E-state index is -0.441. The van der Waals surface area contributed by atoms with Crippen molar-refractivity contribution in [2.45, 2.75) is 19.4 Å². The van der Waals surface area contributed by atoms with Crippen LogP contribution in [0.4, 0.5) is 0 Å². The van der Waals surface area contributed by atoms with Gasteiger partial charge in [0, 0.05) is 13.0 Å². The number of nitrogens with zero attached hydrogens (tertiary/aromatic N) is 1. The van der Waals surface area contributed by atoms with Gasteiger partial charge in [0.1, 0.15) is 11.8 Å². The first-order valence-electron chi connectivity index (χ1n) is 9.39. The Morgan fingerprint density at radius 2 is 1.76 bits per heavy atom. The van der Waals surface area contributed by atoms with E-state index >= 15 is 0 Å². The first-order valence-corrected chi connectivity index (χ1v) is 9.39. The maximum atomic E-state index is 12.6. The predicted molar refractivity (Wildman–Crippen MR) is 106 cm³/mol. The van der Waals surface area contributed by atoms with Gasteiger partial charge in [-0.15, -0.1) is 0 Å². The lowest BCUT2D eigenvalue weighted by molar-refractivity contribution is -0.121. The molecule has 6 heteroatoms. The predicted octanol–water partition coefficient (Wildman–Crippen LogP) is 3.48. The molecule has 3 aromatic rings. The lowest BCUT2D eigenvalue weighted by Gasteiger charge is -2.18. The van der Waals surface area contributed by atoms with E-state index in [4.69, 9.17) is 4.42 Å². The first kappa shape index (κ1) is 18.7. The third kappa shape index (κ3) is 3.69. The van der Waals surface area contributed by atoms with Crippen LogP contribution in [0.3, 0.4) is 0 Å². The number of hydrogen-bond acceptors (Lipinski definition) is 4. The number of carbonyl (C=O) groups excluding carboxylic acids is 3. The molecule has 29 heavy (non-hydrogen) atoms. The zero-order valence-corrected chi connectivity index (χ0v) is 15.9. The second-order valence-electron chi connectivity index (χ2n) is 6.99. The number of carbonyl (C=O) groups is 3. The summed E-state index contributed by atoms with van der Waals surface area (Å²) in [7, 11) is 0. The smallest absolute Gasteiger partial charge is 0.261 e. The van der Waals surface area contributed by atoms with Gasteiger partial charge in [0.05, 0.1) is 17.4 Å². The molecule has 1 aromatic heterocycles. The van der Waals surface area contributed by atoms with E-state index in [9.17, 15) is 14.4 Å². The van der Waals surface area contributed by atoms with Gasteiger partial charge in [-0.2, -0.15) is 0 Å². The molecule has 0 bridgehead atoms. The fourth-order valence-corrected chi connectivity index (χ4v) is 3.47. The molecule has 2 aromatic carbocycles. The largest absolute Gasteiger partial charge is 0.467 e. The topological polar surface area (TPSA) is 79.6 Å². The van der Waals surface area contributed by atoms with Crippen LogP contribution >= 0.6 is 0 Å². The summed E-state index contributed by atoms with van der Waals surface area (Å²) >= 11 is 0. The van der Waals surface area contributed by atoms with E-state index in [2.05, 4.69) is 5.32 Å². The Labute approximate surface area is 168 Å². The third-order valence-electron chi connectivity index (χ3n) is 4.95. The van der Waals surface area contributed by atoms with Crippen molar-refractivity contribution in [3.05, 3.63) is 94.9 Å². The highest BCUT2D eigenvalue weighted by atomic mass is 16.3. The molecule has 0 fully saturated rings. The quantitative estimate of drug-likeness (QED) is 0.656.